The topological polar surface area (TPSA) is 21.1 Å². The quantitative estimate of drug-likeness (QED) is 0.543. The number of alkyl halides is 3. The number of aryl methyl sites for hydroxylation is 2. The van der Waals surface area contributed by atoms with E-state index in [0.717, 1.165) is 29.0 Å². The molecule has 1 atom stereocenters. The van der Waals surface area contributed by atoms with Crippen molar-refractivity contribution in [3.63, 3.8) is 0 Å². The minimum Gasteiger partial charge on any atom is -0.373 e. The summed E-state index contributed by atoms with van der Waals surface area (Å²) in [7, 11) is 2.05. The van der Waals surface area contributed by atoms with E-state index in [9.17, 15) is 13.2 Å². The van der Waals surface area contributed by atoms with Gasteiger partial charge in [-0.15, -0.1) is 0 Å². The van der Waals surface area contributed by atoms with Crippen molar-refractivity contribution in [1.82, 2.24) is 14.5 Å². The first-order valence-corrected chi connectivity index (χ1v) is 9.40. The average molecular weight is 406 g/mol. The summed E-state index contributed by atoms with van der Waals surface area (Å²) >= 11 is 6.23. The largest absolute Gasteiger partial charge is 0.433 e. The van der Waals surface area contributed by atoms with Gasteiger partial charge < -0.3 is 9.47 Å². The number of pyridine rings is 1. The average Bonchev–Trinajstić information content (AvgIpc) is 3.22. The van der Waals surface area contributed by atoms with Gasteiger partial charge in [-0.05, 0) is 48.9 Å². The highest BCUT2D eigenvalue weighted by Gasteiger charge is 2.32. The summed E-state index contributed by atoms with van der Waals surface area (Å²) in [5, 5.41) is 1.80. The fraction of sp³-hybridized carbons (Fsp3) is 0.286. The highest BCUT2D eigenvalue weighted by Crippen LogP contribution is 2.36. The van der Waals surface area contributed by atoms with Crippen molar-refractivity contribution in [2.45, 2.75) is 31.6 Å². The third kappa shape index (κ3) is 3.61. The molecule has 7 heteroatoms. The summed E-state index contributed by atoms with van der Waals surface area (Å²) in [6, 6.07) is 8.63. The number of rotatable bonds is 4. The van der Waals surface area contributed by atoms with Gasteiger partial charge in [0, 0.05) is 47.5 Å². The Labute approximate surface area is 166 Å². The second-order valence-corrected chi connectivity index (χ2v) is 7.48. The molecule has 1 aliphatic rings. The molecule has 0 bridgehead atoms. The predicted octanol–water partition coefficient (Wildman–Crippen LogP) is 5.84. The van der Waals surface area contributed by atoms with Crippen LogP contribution in [0, 0.1) is 0 Å². The van der Waals surface area contributed by atoms with Crippen molar-refractivity contribution in [2.75, 3.05) is 7.05 Å². The lowest BCUT2D eigenvalue weighted by Gasteiger charge is -2.20. The zero-order chi connectivity index (χ0) is 19.9. The number of halogens is 4. The van der Waals surface area contributed by atoms with E-state index in [4.69, 9.17) is 11.6 Å². The minimum atomic E-state index is -4.41. The van der Waals surface area contributed by atoms with Crippen LogP contribution in [0.25, 0.3) is 10.9 Å². The number of benzene rings is 1. The van der Waals surface area contributed by atoms with Gasteiger partial charge in [0.05, 0.1) is 6.04 Å². The number of aromatic nitrogens is 2. The molecule has 0 amide bonds. The monoisotopic (exact) mass is 405 g/mol. The fourth-order valence-corrected chi connectivity index (χ4v) is 3.88. The fourth-order valence-electron chi connectivity index (χ4n) is 3.71. The third-order valence-corrected chi connectivity index (χ3v) is 5.42. The van der Waals surface area contributed by atoms with Crippen LogP contribution in [-0.2, 0) is 19.1 Å². The van der Waals surface area contributed by atoms with Gasteiger partial charge in [-0.2, -0.15) is 13.2 Å². The van der Waals surface area contributed by atoms with Crippen LogP contribution in [0.1, 0.15) is 29.3 Å². The smallest absolute Gasteiger partial charge is 0.373 e. The lowest BCUT2D eigenvalue weighted by molar-refractivity contribution is -0.141. The van der Waals surface area contributed by atoms with Crippen LogP contribution >= 0.6 is 11.6 Å². The van der Waals surface area contributed by atoms with E-state index in [-0.39, 0.29) is 6.04 Å². The standard InChI is InChI=1S/C21H19ClF3N3/c1-27-9-2-3-18(27)17-13-28(19-6-5-15(22)11-16(17)19)10-8-14-4-7-20(26-12-14)21(23,24)25/h2,4-7,9,11-13,18H,3,8,10H2,1H3. The van der Waals surface area contributed by atoms with Crippen molar-refractivity contribution in [2.24, 2.45) is 0 Å². The Morgan fingerprint density at radius 2 is 2.04 bits per heavy atom. The third-order valence-electron chi connectivity index (χ3n) is 5.18. The summed E-state index contributed by atoms with van der Waals surface area (Å²) in [5.74, 6) is 0. The van der Waals surface area contributed by atoms with Crippen LogP contribution in [0.3, 0.4) is 0 Å². The zero-order valence-corrected chi connectivity index (χ0v) is 16.0. The number of hydrogen-bond acceptors (Lipinski definition) is 2. The second-order valence-electron chi connectivity index (χ2n) is 7.04. The molecule has 0 spiro atoms. The number of fused-ring (bicyclic) bond motifs is 1. The van der Waals surface area contributed by atoms with Gasteiger partial charge in [0.15, 0.2) is 0 Å². The predicted molar refractivity (Wildman–Crippen MR) is 104 cm³/mol. The molecule has 1 aliphatic heterocycles. The maximum Gasteiger partial charge on any atom is 0.433 e. The summed E-state index contributed by atoms with van der Waals surface area (Å²) in [5.41, 5.74) is 2.18. The van der Waals surface area contributed by atoms with Gasteiger partial charge in [0.1, 0.15) is 5.69 Å². The van der Waals surface area contributed by atoms with E-state index in [2.05, 4.69) is 40.0 Å². The maximum absolute atomic E-state index is 12.7. The molecule has 0 fully saturated rings. The lowest BCUT2D eigenvalue weighted by atomic mass is 10.0. The molecular weight excluding hydrogens is 387 g/mol. The molecule has 0 N–H and O–H groups in total. The maximum atomic E-state index is 12.7. The van der Waals surface area contributed by atoms with Crippen LogP contribution in [0.4, 0.5) is 13.2 Å². The van der Waals surface area contributed by atoms with Crippen LogP contribution in [0.5, 0.6) is 0 Å². The van der Waals surface area contributed by atoms with Crippen LogP contribution in [0.15, 0.2) is 55.0 Å². The highest BCUT2D eigenvalue weighted by atomic mass is 35.5. The molecule has 3 heterocycles. The van der Waals surface area contributed by atoms with Gasteiger partial charge in [-0.25, -0.2) is 0 Å². The van der Waals surface area contributed by atoms with Gasteiger partial charge in [0.2, 0.25) is 0 Å². The molecule has 0 radical (unpaired) electrons. The van der Waals surface area contributed by atoms with Crippen molar-refractivity contribution < 1.29 is 13.2 Å². The Morgan fingerprint density at radius 3 is 2.68 bits per heavy atom. The van der Waals surface area contributed by atoms with Crippen molar-refractivity contribution in [3.8, 4) is 0 Å². The molecule has 2 aromatic heterocycles. The normalized spacial score (nSPS) is 17.0. The first kappa shape index (κ1) is 18.9. The molecule has 4 rings (SSSR count). The Balaban J connectivity index is 1.60. The highest BCUT2D eigenvalue weighted by molar-refractivity contribution is 6.31. The molecule has 28 heavy (non-hydrogen) atoms. The number of nitrogens with zero attached hydrogens (tertiary/aromatic N) is 3. The summed E-state index contributed by atoms with van der Waals surface area (Å²) in [4.78, 5) is 5.73. The van der Waals surface area contributed by atoms with E-state index in [1.54, 1.807) is 0 Å². The Hall–Kier alpha value is -2.47. The van der Waals surface area contributed by atoms with E-state index in [1.165, 1.54) is 17.8 Å². The SMILES string of the molecule is CN1C=CCC1c1cn(CCc2ccc(C(F)(F)F)nc2)c2ccc(Cl)cc12. The summed E-state index contributed by atoms with van der Waals surface area (Å²) in [6.07, 6.45) is 4.78. The molecule has 146 valence electrons. The van der Waals surface area contributed by atoms with Gasteiger partial charge in [-0.3, -0.25) is 4.98 Å². The zero-order valence-electron chi connectivity index (χ0n) is 15.2. The molecular formula is C21H19ClF3N3. The first-order chi connectivity index (χ1) is 13.3. The summed E-state index contributed by atoms with van der Waals surface area (Å²) in [6.45, 7) is 0.648. The minimum absolute atomic E-state index is 0.259. The molecule has 0 saturated carbocycles. The van der Waals surface area contributed by atoms with Gasteiger partial charge in [-0.1, -0.05) is 23.7 Å². The van der Waals surface area contributed by atoms with E-state index < -0.39 is 11.9 Å². The Bertz CT molecular complexity index is 1020. The van der Waals surface area contributed by atoms with Gasteiger partial charge in [0.25, 0.3) is 0 Å². The van der Waals surface area contributed by atoms with Crippen molar-refractivity contribution in [1.29, 1.82) is 0 Å². The lowest BCUT2D eigenvalue weighted by Crippen LogP contribution is -2.13. The van der Waals surface area contributed by atoms with Crippen molar-refractivity contribution in [3.05, 3.63) is 76.8 Å². The van der Waals surface area contributed by atoms with E-state index >= 15 is 0 Å². The molecule has 3 nitrogen and oxygen atoms in total. The second kappa shape index (κ2) is 7.17. The van der Waals surface area contributed by atoms with E-state index in [1.807, 2.05) is 18.2 Å². The molecule has 1 aromatic carbocycles. The molecule has 1 unspecified atom stereocenters. The van der Waals surface area contributed by atoms with Crippen molar-refractivity contribution >= 4 is 22.5 Å². The molecule has 0 aliphatic carbocycles. The van der Waals surface area contributed by atoms with Crippen LogP contribution in [-0.4, -0.2) is 21.5 Å². The Morgan fingerprint density at radius 1 is 1.21 bits per heavy atom. The van der Waals surface area contributed by atoms with E-state index in [0.29, 0.717) is 18.0 Å². The molecule has 3 aromatic rings. The van der Waals surface area contributed by atoms with Crippen LogP contribution in [0.2, 0.25) is 5.02 Å². The first-order valence-electron chi connectivity index (χ1n) is 9.02. The number of hydrogen-bond donors (Lipinski definition) is 0. The van der Waals surface area contributed by atoms with Gasteiger partial charge >= 0.3 is 6.18 Å². The van der Waals surface area contributed by atoms with Crippen LogP contribution < -0.4 is 0 Å². The summed E-state index contributed by atoms with van der Waals surface area (Å²) < 4.78 is 40.2. The molecule has 0 saturated heterocycles. The Kier molecular flexibility index (Phi) is 4.83.